The van der Waals surface area contributed by atoms with E-state index in [1.165, 1.54) is 25.9 Å². The van der Waals surface area contributed by atoms with Crippen LogP contribution in [0, 0.1) is 11.8 Å². The number of fused-ring (bicyclic) bond motifs is 3. The van der Waals surface area contributed by atoms with Crippen LogP contribution >= 0.6 is 24.8 Å². The van der Waals surface area contributed by atoms with E-state index in [4.69, 9.17) is 5.11 Å². The number of carboxylic acids is 1. The molecule has 3 fully saturated rings. The highest BCUT2D eigenvalue weighted by atomic mass is 35.5. The number of rotatable bonds is 2. The van der Waals surface area contributed by atoms with Crippen LogP contribution in [0.1, 0.15) is 19.3 Å². The summed E-state index contributed by atoms with van der Waals surface area (Å²) in [7, 11) is 0. The predicted octanol–water partition coefficient (Wildman–Crippen LogP) is 1.65. The lowest BCUT2D eigenvalue weighted by atomic mass is 9.77. The average molecular weight is 242 g/mol. The Morgan fingerprint density at radius 1 is 1.29 bits per heavy atom. The highest BCUT2D eigenvalue weighted by Crippen LogP contribution is 2.33. The highest BCUT2D eigenvalue weighted by molar-refractivity contribution is 5.85. The first-order chi connectivity index (χ1) is 5.75. The number of hydrogen-bond acceptors (Lipinski definition) is 2. The van der Waals surface area contributed by atoms with Crippen molar-refractivity contribution >= 4 is 30.8 Å². The topological polar surface area (TPSA) is 40.5 Å². The number of carbonyl (C=O) groups is 1. The molecule has 0 amide bonds. The van der Waals surface area contributed by atoms with Crippen LogP contribution in [0.15, 0.2) is 0 Å². The lowest BCUT2D eigenvalue weighted by molar-refractivity contribution is -0.139. The molecule has 3 heterocycles. The van der Waals surface area contributed by atoms with Gasteiger partial charge in [0, 0.05) is 13.0 Å². The minimum atomic E-state index is -0.631. The van der Waals surface area contributed by atoms with Crippen molar-refractivity contribution in [2.75, 3.05) is 19.6 Å². The van der Waals surface area contributed by atoms with Crippen molar-refractivity contribution in [3.63, 3.8) is 0 Å². The Bertz CT molecular complexity index is 193. The summed E-state index contributed by atoms with van der Waals surface area (Å²) in [5.41, 5.74) is 0. The fraction of sp³-hybridized carbons (Fsp3) is 0.889. The van der Waals surface area contributed by atoms with E-state index in [0.717, 1.165) is 6.54 Å². The third-order valence-corrected chi connectivity index (χ3v) is 3.23. The van der Waals surface area contributed by atoms with Crippen LogP contribution in [0.5, 0.6) is 0 Å². The van der Waals surface area contributed by atoms with Crippen molar-refractivity contribution < 1.29 is 9.90 Å². The Morgan fingerprint density at radius 2 is 1.86 bits per heavy atom. The van der Waals surface area contributed by atoms with Gasteiger partial charge in [0.2, 0.25) is 0 Å². The quantitative estimate of drug-likeness (QED) is 0.800. The molecular weight excluding hydrogens is 225 g/mol. The van der Waals surface area contributed by atoms with Gasteiger partial charge in [-0.1, -0.05) is 0 Å². The Morgan fingerprint density at radius 3 is 2.21 bits per heavy atom. The molecule has 3 aliphatic rings. The van der Waals surface area contributed by atoms with Crippen LogP contribution in [-0.4, -0.2) is 35.6 Å². The van der Waals surface area contributed by atoms with E-state index >= 15 is 0 Å². The number of nitrogens with zero attached hydrogens (tertiary/aromatic N) is 1. The highest BCUT2D eigenvalue weighted by Gasteiger charge is 2.34. The van der Waals surface area contributed by atoms with Crippen LogP contribution in [0.25, 0.3) is 0 Å². The molecule has 5 heteroatoms. The standard InChI is InChI=1S/C9H15NO2.2ClH/c11-9(12)5-8-6-10-3-1-7(8)2-4-10;;/h7-8H,1-6H2,(H,11,12);2*1H. The van der Waals surface area contributed by atoms with E-state index in [0.29, 0.717) is 18.3 Å². The third-order valence-electron chi connectivity index (χ3n) is 3.23. The van der Waals surface area contributed by atoms with E-state index < -0.39 is 5.97 Å². The zero-order valence-corrected chi connectivity index (χ0v) is 9.65. The fourth-order valence-electron chi connectivity index (χ4n) is 2.54. The first-order valence-corrected chi connectivity index (χ1v) is 4.70. The lowest BCUT2D eigenvalue weighted by Crippen LogP contribution is -2.47. The smallest absolute Gasteiger partial charge is 0.303 e. The summed E-state index contributed by atoms with van der Waals surface area (Å²) < 4.78 is 0. The summed E-state index contributed by atoms with van der Waals surface area (Å²) >= 11 is 0. The maximum Gasteiger partial charge on any atom is 0.303 e. The van der Waals surface area contributed by atoms with Gasteiger partial charge >= 0.3 is 5.97 Å². The molecule has 1 atom stereocenters. The van der Waals surface area contributed by atoms with Gasteiger partial charge in [-0.15, -0.1) is 24.8 Å². The van der Waals surface area contributed by atoms with Gasteiger partial charge in [-0.3, -0.25) is 4.79 Å². The number of piperidine rings is 3. The SMILES string of the molecule is Cl.Cl.O=C(O)CC1CN2CCC1CC2. The van der Waals surface area contributed by atoms with E-state index in [-0.39, 0.29) is 24.8 Å². The average Bonchev–Trinajstić information content (AvgIpc) is 2.05. The summed E-state index contributed by atoms with van der Waals surface area (Å²) in [6.07, 6.45) is 2.82. The van der Waals surface area contributed by atoms with Crippen molar-refractivity contribution in [1.82, 2.24) is 4.90 Å². The lowest BCUT2D eigenvalue weighted by Gasteiger charge is -2.44. The zero-order valence-electron chi connectivity index (χ0n) is 8.02. The van der Waals surface area contributed by atoms with Gasteiger partial charge in [0.25, 0.3) is 0 Å². The molecule has 3 saturated heterocycles. The molecule has 0 aromatic heterocycles. The van der Waals surface area contributed by atoms with Crippen LogP contribution in [0.3, 0.4) is 0 Å². The summed E-state index contributed by atoms with van der Waals surface area (Å²) in [6, 6.07) is 0. The Balaban J connectivity index is 0.000000845. The maximum absolute atomic E-state index is 10.5. The molecule has 2 bridgehead atoms. The summed E-state index contributed by atoms with van der Waals surface area (Å²) in [5.74, 6) is 0.504. The van der Waals surface area contributed by atoms with Gasteiger partial charge in [-0.25, -0.2) is 0 Å². The molecule has 1 N–H and O–H groups in total. The van der Waals surface area contributed by atoms with Gasteiger partial charge in [0.1, 0.15) is 0 Å². The first-order valence-electron chi connectivity index (χ1n) is 4.70. The van der Waals surface area contributed by atoms with E-state index in [1.807, 2.05) is 0 Å². The fourth-order valence-corrected chi connectivity index (χ4v) is 2.54. The monoisotopic (exact) mass is 241 g/mol. The van der Waals surface area contributed by atoms with Crippen LogP contribution in [0.4, 0.5) is 0 Å². The van der Waals surface area contributed by atoms with E-state index in [9.17, 15) is 4.79 Å². The number of hydrogen-bond donors (Lipinski definition) is 1. The van der Waals surface area contributed by atoms with Crippen molar-refractivity contribution in [3.8, 4) is 0 Å². The molecule has 1 unspecified atom stereocenters. The largest absolute Gasteiger partial charge is 0.481 e. The maximum atomic E-state index is 10.5. The van der Waals surface area contributed by atoms with Crippen molar-refractivity contribution in [2.24, 2.45) is 11.8 Å². The van der Waals surface area contributed by atoms with E-state index in [1.54, 1.807) is 0 Å². The number of aliphatic carboxylic acids is 1. The van der Waals surface area contributed by atoms with Crippen molar-refractivity contribution in [3.05, 3.63) is 0 Å². The van der Waals surface area contributed by atoms with Gasteiger partial charge < -0.3 is 10.0 Å². The minimum Gasteiger partial charge on any atom is -0.481 e. The molecular formula is C9H17Cl2NO2. The molecule has 0 radical (unpaired) electrons. The van der Waals surface area contributed by atoms with Gasteiger partial charge in [-0.2, -0.15) is 0 Å². The van der Waals surface area contributed by atoms with Crippen molar-refractivity contribution in [2.45, 2.75) is 19.3 Å². The first kappa shape index (κ1) is 14.0. The molecule has 0 aliphatic carbocycles. The molecule has 3 nitrogen and oxygen atoms in total. The normalized spacial score (nSPS) is 34.1. The molecule has 3 rings (SSSR count). The predicted molar refractivity (Wildman–Crippen MR) is 59.4 cm³/mol. The Kier molecular flexibility index (Phi) is 5.79. The molecule has 3 aliphatic heterocycles. The second-order valence-electron chi connectivity index (χ2n) is 4.00. The van der Waals surface area contributed by atoms with Crippen LogP contribution in [-0.2, 0) is 4.79 Å². The summed E-state index contributed by atoms with van der Waals surface area (Å²) in [4.78, 5) is 12.9. The zero-order chi connectivity index (χ0) is 8.55. The minimum absolute atomic E-state index is 0. The number of halogens is 2. The molecule has 0 spiro atoms. The molecule has 84 valence electrons. The van der Waals surface area contributed by atoms with Gasteiger partial charge in [0.15, 0.2) is 0 Å². The molecule has 14 heavy (non-hydrogen) atoms. The van der Waals surface area contributed by atoms with Crippen LogP contribution < -0.4 is 0 Å². The molecule has 0 saturated carbocycles. The third kappa shape index (κ3) is 3.01. The Labute approximate surface area is 96.7 Å². The van der Waals surface area contributed by atoms with Crippen molar-refractivity contribution in [1.29, 1.82) is 0 Å². The van der Waals surface area contributed by atoms with Crippen LogP contribution in [0.2, 0.25) is 0 Å². The summed E-state index contributed by atoms with van der Waals surface area (Å²) in [6.45, 7) is 3.42. The van der Waals surface area contributed by atoms with Gasteiger partial charge in [-0.05, 0) is 37.8 Å². The molecule has 0 aromatic rings. The summed E-state index contributed by atoms with van der Waals surface area (Å²) in [5, 5.41) is 8.68. The Hall–Kier alpha value is 0.01000. The van der Waals surface area contributed by atoms with E-state index in [2.05, 4.69) is 4.90 Å². The second-order valence-corrected chi connectivity index (χ2v) is 4.00. The van der Waals surface area contributed by atoms with Gasteiger partial charge in [0.05, 0.1) is 0 Å². The molecule has 0 aromatic carbocycles. The number of carboxylic acid groups (broad SMARTS) is 1. The second kappa shape index (κ2) is 5.79.